The lowest BCUT2D eigenvalue weighted by molar-refractivity contribution is 0.0218. The second-order valence-electron chi connectivity index (χ2n) is 13.9. The lowest BCUT2D eigenvalue weighted by Crippen LogP contribution is -2.55. The Morgan fingerprint density at radius 2 is 1.85 bits per heavy atom. The molecule has 0 radical (unpaired) electrons. The molecule has 1 saturated carbocycles. The molecule has 4 aromatic rings. The average Bonchev–Trinajstić information content (AvgIpc) is 3.85. The minimum absolute atomic E-state index is 0.0148. The van der Waals surface area contributed by atoms with Gasteiger partial charge in [-0.25, -0.2) is 23.5 Å². The van der Waals surface area contributed by atoms with Crippen molar-refractivity contribution in [2.45, 2.75) is 84.8 Å². The summed E-state index contributed by atoms with van der Waals surface area (Å²) in [5.74, 6) is 0.384. The number of hydrogen-bond acceptors (Lipinski definition) is 8. The molecule has 0 bridgehead atoms. The first-order chi connectivity index (χ1) is 22.3. The summed E-state index contributed by atoms with van der Waals surface area (Å²) in [6.07, 6.45) is 3.34. The van der Waals surface area contributed by atoms with Gasteiger partial charge in [-0.05, 0) is 94.7 Å². The van der Waals surface area contributed by atoms with Gasteiger partial charge in [-0.1, -0.05) is 19.9 Å². The number of fused-ring (bicyclic) bond motifs is 1. The summed E-state index contributed by atoms with van der Waals surface area (Å²) in [6.45, 7) is 14.8. The molecule has 0 spiro atoms. The summed E-state index contributed by atoms with van der Waals surface area (Å²) >= 11 is 0. The first-order valence-electron chi connectivity index (χ1n) is 16.3. The quantitative estimate of drug-likeness (QED) is 0.228. The lowest BCUT2D eigenvalue weighted by Gasteiger charge is -2.41. The van der Waals surface area contributed by atoms with Crippen LogP contribution in [0.1, 0.15) is 83.0 Å². The first-order valence-corrected chi connectivity index (χ1v) is 16.3. The molecule has 10 nitrogen and oxygen atoms in total. The SMILES string of the molecule is COc1c(F)cccc1-c1nc2c(cc1C1CC1)c(N1CCN(C(=O)OC(C)(C)C)C[C@@H]1C)nc(=O)n2-c1c(C)ccnc1C(C)C. The number of ether oxygens (including phenoxy) is 2. The molecule has 4 heterocycles. The molecule has 1 aromatic carbocycles. The van der Waals surface area contributed by atoms with Crippen LogP contribution in [-0.4, -0.2) is 68.9 Å². The molecule has 2 fully saturated rings. The highest BCUT2D eigenvalue weighted by Gasteiger charge is 2.35. The van der Waals surface area contributed by atoms with Crippen LogP contribution >= 0.6 is 0 Å². The zero-order valence-electron chi connectivity index (χ0n) is 28.4. The summed E-state index contributed by atoms with van der Waals surface area (Å²) in [5, 5.41) is 0.709. The second-order valence-corrected chi connectivity index (χ2v) is 13.9. The van der Waals surface area contributed by atoms with Gasteiger partial charge in [0.05, 0.1) is 29.6 Å². The van der Waals surface area contributed by atoms with Crippen LogP contribution in [0.15, 0.2) is 41.3 Å². The Bertz CT molecular complexity index is 1910. The van der Waals surface area contributed by atoms with Crippen LogP contribution in [0, 0.1) is 12.7 Å². The predicted molar refractivity (Wildman–Crippen MR) is 180 cm³/mol. The second kappa shape index (κ2) is 12.2. The Kier molecular flexibility index (Phi) is 8.44. The summed E-state index contributed by atoms with van der Waals surface area (Å²) in [5.41, 5.74) is 3.63. The van der Waals surface area contributed by atoms with Gasteiger partial charge in [0.1, 0.15) is 11.4 Å². The van der Waals surface area contributed by atoms with Crippen molar-refractivity contribution in [1.29, 1.82) is 0 Å². The van der Waals surface area contributed by atoms with E-state index in [1.165, 1.54) is 13.2 Å². The Morgan fingerprint density at radius 1 is 1.11 bits per heavy atom. The van der Waals surface area contributed by atoms with Gasteiger partial charge < -0.3 is 19.3 Å². The Hall–Kier alpha value is -4.54. The number of nitrogens with zero attached hydrogens (tertiary/aromatic N) is 6. The van der Waals surface area contributed by atoms with Gasteiger partial charge in [-0.2, -0.15) is 4.98 Å². The molecule has 2 aliphatic rings. The topological polar surface area (TPSA) is 103 Å². The third-order valence-electron chi connectivity index (χ3n) is 8.80. The zero-order valence-corrected chi connectivity index (χ0v) is 28.4. The fourth-order valence-corrected chi connectivity index (χ4v) is 6.44. The molecule has 6 rings (SSSR count). The van der Waals surface area contributed by atoms with Crippen molar-refractivity contribution in [3.63, 3.8) is 0 Å². The number of halogens is 1. The summed E-state index contributed by atoms with van der Waals surface area (Å²) in [7, 11) is 1.45. The number of aryl methyl sites for hydroxylation is 1. The number of rotatable bonds is 6. The fourth-order valence-electron chi connectivity index (χ4n) is 6.44. The number of aromatic nitrogens is 4. The van der Waals surface area contributed by atoms with Crippen molar-refractivity contribution < 1.29 is 18.7 Å². The van der Waals surface area contributed by atoms with Gasteiger partial charge in [0.2, 0.25) is 0 Å². The van der Waals surface area contributed by atoms with Gasteiger partial charge >= 0.3 is 11.8 Å². The van der Waals surface area contributed by atoms with Crippen molar-refractivity contribution >= 4 is 22.9 Å². The van der Waals surface area contributed by atoms with E-state index in [9.17, 15) is 9.59 Å². The maximum atomic E-state index is 15.1. The average molecular weight is 643 g/mol. The van der Waals surface area contributed by atoms with Gasteiger partial charge in [0.15, 0.2) is 17.2 Å². The summed E-state index contributed by atoms with van der Waals surface area (Å²) in [6, 6.07) is 8.60. The largest absolute Gasteiger partial charge is 0.493 e. The summed E-state index contributed by atoms with van der Waals surface area (Å²) < 4.78 is 27.8. The molecule has 1 aliphatic heterocycles. The van der Waals surface area contributed by atoms with Gasteiger partial charge in [-0.3, -0.25) is 4.98 Å². The number of anilines is 1. The normalized spacial score (nSPS) is 17.0. The van der Waals surface area contributed by atoms with Crippen LogP contribution in [-0.2, 0) is 4.74 Å². The fraction of sp³-hybridized carbons (Fsp3) is 0.472. The van der Waals surface area contributed by atoms with Crippen molar-refractivity contribution in [1.82, 2.24) is 24.4 Å². The van der Waals surface area contributed by atoms with E-state index in [1.807, 2.05) is 54.5 Å². The van der Waals surface area contributed by atoms with E-state index in [4.69, 9.17) is 19.4 Å². The Morgan fingerprint density at radius 3 is 2.49 bits per heavy atom. The van der Waals surface area contributed by atoms with E-state index < -0.39 is 17.1 Å². The maximum absolute atomic E-state index is 15.1. The van der Waals surface area contributed by atoms with Crippen molar-refractivity contribution in [2.75, 3.05) is 31.6 Å². The van der Waals surface area contributed by atoms with Crippen LogP contribution in [0.5, 0.6) is 5.75 Å². The van der Waals surface area contributed by atoms with E-state index in [0.29, 0.717) is 53.4 Å². The Balaban J connectivity index is 1.60. The van der Waals surface area contributed by atoms with E-state index in [2.05, 4.69) is 16.0 Å². The molecule has 1 aliphatic carbocycles. The predicted octanol–water partition coefficient (Wildman–Crippen LogP) is 6.75. The lowest BCUT2D eigenvalue weighted by atomic mass is 9.99. The zero-order chi connectivity index (χ0) is 33.8. The third kappa shape index (κ3) is 6.15. The molecule has 47 heavy (non-hydrogen) atoms. The van der Waals surface area contributed by atoms with Crippen molar-refractivity contribution in [3.05, 3.63) is 69.7 Å². The molecule has 1 amide bonds. The van der Waals surface area contributed by atoms with E-state index in [0.717, 1.165) is 29.7 Å². The highest BCUT2D eigenvalue weighted by Crippen LogP contribution is 2.47. The molecule has 0 N–H and O–H groups in total. The number of piperazine rings is 1. The minimum Gasteiger partial charge on any atom is -0.493 e. The molecular weight excluding hydrogens is 599 g/mol. The molecular formula is C36H43FN6O4. The number of para-hydroxylation sites is 1. The van der Waals surface area contributed by atoms with Crippen LogP contribution in [0.25, 0.3) is 28.0 Å². The molecule has 1 saturated heterocycles. The molecule has 3 aromatic heterocycles. The number of carbonyl (C=O) groups is 1. The molecule has 1 atom stereocenters. The van der Waals surface area contributed by atoms with Crippen molar-refractivity contribution in [2.24, 2.45) is 0 Å². The number of benzene rings is 1. The first kappa shape index (κ1) is 32.4. The molecule has 0 unspecified atom stereocenters. The van der Waals surface area contributed by atoms with Crippen LogP contribution in [0.2, 0.25) is 0 Å². The Labute approximate surface area is 274 Å². The number of carbonyl (C=O) groups excluding carboxylic acids is 1. The standard InChI is InChI=1S/C36H43FN6O4/c1-20(2)28-30(21(3)14-15-38-28)43-33-26(18-25(23-12-13-23)29(39-33)24-10-9-11-27(37)31(24)46-8)32(40-34(43)44)42-17-16-41(19-22(42)4)35(45)47-36(5,6)7/h9-11,14-15,18,20,22-23H,12-13,16-17,19H2,1-8H3/t22-/m0/s1. The highest BCUT2D eigenvalue weighted by molar-refractivity contribution is 5.92. The van der Waals surface area contributed by atoms with Crippen molar-refractivity contribution in [3.8, 4) is 22.7 Å². The third-order valence-corrected chi connectivity index (χ3v) is 8.80. The smallest absolute Gasteiger partial charge is 0.410 e. The van der Waals surface area contributed by atoms with E-state index in [-0.39, 0.29) is 29.7 Å². The molecule has 248 valence electrons. The monoisotopic (exact) mass is 642 g/mol. The number of amides is 1. The van der Waals surface area contributed by atoms with Crippen LogP contribution in [0.4, 0.5) is 15.0 Å². The number of hydrogen-bond donors (Lipinski definition) is 0. The van der Waals surface area contributed by atoms with E-state index >= 15 is 4.39 Å². The van der Waals surface area contributed by atoms with Gasteiger partial charge in [0, 0.05) is 37.4 Å². The van der Waals surface area contributed by atoms with Crippen LogP contribution in [0.3, 0.4) is 0 Å². The minimum atomic E-state index is -0.605. The van der Waals surface area contributed by atoms with Crippen LogP contribution < -0.4 is 15.3 Å². The van der Waals surface area contributed by atoms with Gasteiger partial charge in [0.25, 0.3) is 0 Å². The van der Waals surface area contributed by atoms with Gasteiger partial charge in [-0.15, -0.1) is 0 Å². The molecule has 11 heteroatoms. The number of methoxy groups -OCH3 is 1. The summed E-state index contributed by atoms with van der Waals surface area (Å²) in [4.78, 5) is 45.7. The number of pyridine rings is 2. The van der Waals surface area contributed by atoms with E-state index in [1.54, 1.807) is 27.8 Å². The highest BCUT2D eigenvalue weighted by atomic mass is 19.1. The maximum Gasteiger partial charge on any atom is 0.410 e.